The summed E-state index contributed by atoms with van der Waals surface area (Å²) in [6.45, 7) is 2.25. The zero-order chi connectivity index (χ0) is 17.5. The van der Waals surface area contributed by atoms with Gasteiger partial charge in [-0.15, -0.1) is 0 Å². The average Bonchev–Trinajstić information content (AvgIpc) is 2.60. The van der Waals surface area contributed by atoms with E-state index in [1.54, 1.807) is 23.1 Å². The van der Waals surface area contributed by atoms with Gasteiger partial charge in [0, 0.05) is 37.4 Å². The molecule has 0 spiro atoms. The van der Waals surface area contributed by atoms with Crippen molar-refractivity contribution in [1.29, 1.82) is 5.26 Å². The van der Waals surface area contributed by atoms with Gasteiger partial charge in [0.15, 0.2) is 0 Å². The van der Waals surface area contributed by atoms with Crippen LogP contribution in [0.3, 0.4) is 0 Å². The molecule has 1 heterocycles. The predicted molar refractivity (Wildman–Crippen MR) is 89.5 cm³/mol. The lowest BCUT2D eigenvalue weighted by molar-refractivity contribution is -0.119. The minimum atomic E-state index is -0.545. The summed E-state index contributed by atoms with van der Waals surface area (Å²) >= 11 is 5.93. The van der Waals surface area contributed by atoms with Gasteiger partial charge in [-0.1, -0.05) is 11.6 Å². The predicted octanol–water partition coefficient (Wildman–Crippen LogP) is 1.47. The van der Waals surface area contributed by atoms with Gasteiger partial charge in [0.2, 0.25) is 6.41 Å². The molecule has 0 bridgehead atoms. The van der Waals surface area contributed by atoms with Crippen LogP contribution < -0.4 is 10.1 Å². The smallest absolute Gasteiger partial charge is 0.267 e. The van der Waals surface area contributed by atoms with Crippen LogP contribution in [0.15, 0.2) is 30.0 Å². The van der Waals surface area contributed by atoms with Crippen LogP contribution in [0.5, 0.6) is 5.75 Å². The third-order valence-electron chi connectivity index (χ3n) is 3.58. The van der Waals surface area contributed by atoms with E-state index in [4.69, 9.17) is 16.3 Å². The van der Waals surface area contributed by atoms with E-state index in [0.29, 0.717) is 42.6 Å². The number of nitriles is 1. The van der Waals surface area contributed by atoms with Crippen LogP contribution in [0, 0.1) is 11.3 Å². The summed E-state index contributed by atoms with van der Waals surface area (Å²) in [5.41, 5.74) is 0.360. The molecule has 0 saturated carbocycles. The molecular weight excluding hydrogens is 332 g/mol. The largest absolute Gasteiger partial charge is 0.495 e. The monoisotopic (exact) mass is 348 g/mol. The number of hydrogen-bond acceptors (Lipinski definition) is 5. The minimum absolute atomic E-state index is 0.0309. The SMILES string of the molecule is COc1ccc(Cl)cc1NC(=O)/C(C#N)=C\N1CCN(C=O)CC1. The molecule has 1 aliphatic rings. The molecule has 1 aliphatic heterocycles. The Morgan fingerprint density at radius 1 is 1.33 bits per heavy atom. The van der Waals surface area contributed by atoms with Crippen molar-refractivity contribution in [3.05, 3.63) is 35.0 Å². The van der Waals surface area contributed by atoms with Gasteiger partial charge in [-0.2, -0.15) is 5.26 Å². The molecule has 0 radical (unpaired) electrons. The van der Waals surface area contributed by atoms with E-state index in [2.05, 4.69) is 5.32 Å². The van der Waals surface area contributed by atoms with Crippen molar-refractivity contribution in [2.24, 2.45) is 0 Å². The fraction of sp³-hybridized carbons (Fsp3) is 0.312. The number of carbonyl (C=O) groups is 2. The number of anilines is 1. The van der Waals surface area contributed by atoms with E-state index in [9.17, 15) is 14.9 Å². The quantitative estimate of drug-likeness (QED) is 0.494. The lowest BCUT2D eigenvalue weighted by Crippen LogP contribution is -2.43. The average molecular weight is 349 g/mol. The number of halogens is 1. The van der Waals surface area contributed by atoms with E-state index < -0.39 is 5.91 Å². The molecule has 7 nitrogen and oxygen atoms in total. The first-order chi connectivity index (χ1) is 11.6. The summed E-state index contributed by atoms with van der Waals surface area (Å²) in [7, 11) is 1.48. The number of methoxy groups -OCH3 is 1. The van der Waals surface area contributed by atoms with Crippen molar-refractivity contribution >= 4 is 29.6 Å². The van der Waals surface area contributed by atoms with Crippen LogP contribution >= 0.6 is 11.6 Å². The van der Waals surface area contributed by atoms with Crippen LogP contribution in [0.1, 0.15) is 0 Å². The number of hydrogen-bond donors (Lipinski definition) is 1. The third-order valence-corrected chi connectivity index (χ3v) is 3.82. The molecule has 1 aromatic rings. The fourth-order valence-corrected chi connectivity index (χ4v) is 2.43. The maximum atomic E-state index is 12.3. The Morgan fingerprint density at radius 3 is 2.58 bits per heavy atom. The Kier molecular flexibility index (Phi) is 6.04. The molecule has 1 fully saturated rings. The Balaban J connectivity index is 2.10. The molecule has 0 atom stereocenters. The molecule has 0 aromatic heterocycles. The van der Waals surface area contributed by atoms with Crippen molar-refractivity contribution in [3.63, 3.8) is 0 Å². The van der Waals surface area contributed by atoms with Gasteiger partial charge in [0.1, 0.15) is 17.4 Å². The first-order valence-electron chi connectivity index (χ1n) is 7.27. The second-order valence-electron chi connectivity index (χ2n) is 5.13. The molecule has 8 heteroatoms. The van der Waals surface area contributed by atoms with Crippen molar-refractivity contribution in [2.75, 3.05) is 38.6 Å². The van der Waals surface area contributed by atoms with Crippen LogP contribution in [-0.4, -0.2) is 55.4 Å². The number of benzene rings is 1. The Labute approximate surface area is 145 Å². The number of nitrogens with zero attached hydrogens (tertiary/aromatic N) is 3. The normalized spacial score (nSPS) is 14.8. The van der Waals surface area contributed by atoms with E-state index in [1.165, 1.54) is 13.3 Å². The second kappa shape index (κ2) is 8.22. The zero-order valence-electron chi connectivity index (χ0n) is 13.2. The molecule has 1 aromatic carbocycles. The highest BCUT2D eigenvalue weighted by Gasteiger charge is 2.17. The van der Waals surface area contributed by atoms with E-state index >= 15 is 0 Å². The van der Waals surface area contributed by atoms with Gasteiger partial charge in [-0.05, 0) is 18.2 Å². The summed E-state index contributed by atoms with van der Waals surface area (Å²) < 4.78 is 5.16. The summed E-state index contributed by atoms with van der Waals surface area (Å²) in [5.74, 6) is -0.0967. The van der Waals surface area contributed by atoms with Gasteiger partial charge >= 0.3 is 0 Å². The van der Waals surface area contributed by atoms with Gasteiger partial charge < -0.3 is 19.9 Å². The molecule has 2 amide bonds. The highest BCUT2D eigenvalue weighted by atomic mass is 35.5. The third kappa shape index (κ3) is 4.40. The van der Waals surface area contributed by atoms with E-state index in [-0.39, 0.29) is 5.57 Å². The molecule has 126 valence electrons. The Morgan fingerprint density at radius 2 is 2.00 bits per heavy atom. The number of rotatable bonds is 5. The van der Waals surface area contributed by atoms with Crippen LogP contribution in [0.2, 0.25) is 5.02 Å². The second-order valence-corrected chi connectivity index (χ2v) is 5.57. The molecular formula is C16H17ClN4O3. The molecule has 0 unspecified atom stereocenters. The Bertz CT molecular complexity index is 691. The molecule has 1 saturated heterocycles. The molecule has 2 rings (SSSR count). The maximum Gasteiger partial charge on any atom is 0.267 e. The number of ether oxygens (including phenoxy) is 1. The van der Waals surface area contributed by atoms with Crippen LogP contribution in [0.4, 0.5) is 5.69 Å². The summed E-state index contributed by atoms with van der Waals surface area (Å²) in [6.07, 6.45) is 2.30. The topological polar surface area (TPSA) is 85.7 Å². The maximum absolute atomic E-state index is 12.3. The van der Waals surface area contributed by atoms with Gasteiger partial charge in [0.25, 0.3) is 5.91 Å². The summed E-state index contributed by atoms with van der Waals surface area (Å²) in [6, 6.07) is 6.72. The number of amides is 2. The van der Waals surface area contributed by atoms with Crippen molar-refractivity contribution in [1.82, 2.24) is 9.80 Å². The highest BCUT2D eigenvalue weighted by Crippen LogP contribution is 2.28. The zero-order valence-corrected chi connectivity index (χ0v) is 13.9. The van der Waals surface area contributed by atoms with Crippen molar-refractivity contribution in [2.45, 2.75) is 0 Å². The molecule has 24 heavy (non-hydrogen) atoms. The first-order valence-corrected chi connectivity index (χ1v) is 7.65. The Hall–Kier alpha value is -2.72. The molecule has 0 aliphatic carbocycles. The summed E-state index contributed by atoms with van der Waals surface area (Å²) in [5, 5.41) is 12.3. The molecule has 1 N–H and O–H groups in total. The van der Waals surface area contributed by atoms with Crippen LogP contribution in [0.25, 0.3) is 0 Å². The van der Waals surface area contributed by atoms with Crippen molar-refractivity contribution < 1.29 is 14.3 Å². The van der Waals surface area contributed by atoms with E-state index in [1.807, 2.05) is 11.0 Å². The van der Waals surface area contributed by atoms with Gasteiger partial charge in [-0.3, -0.25) is 9.59 Å². The van der Waals surface area contributed by atoms with Crippen molar-refractivity contribution in [3.8, 4) is 11.8 Å². The highest BCUT2D eigenvalue weighted by molar-refractivity contribution is 6.31. The first kappa shape index (κ1) is 17.6. The number of nitrogens with one attached hydrogen (secondary N) is 1. The standard InChI is InChI=1S/C16H17ClN4O3/c1-24-15-3-2-13(17)8-14(15)19-16(23)12(9-18)10-20-4-6-21(11-22)7-5-20/h2-3,8,10-11H,4-7H2,1H3,(H,19,23)/b12-10-. The summed E-state index contributed by atoms with van der Waals surface area (Å²) in [4.78, 5) is 26.5. The number of piperazine rings is 1. The van der Waals surface area contributed by atoms with E-state index in [0.717, 1.165) is 6.41 Å². The van der Waals surface area contributed by atoms with Gasteiger partial charge in [0.05, 0.1) is 12.8 Å². The lowest BCUT2D eigenvalue weighted by atomic mass is 10.2. The lowest BCUT2D eigenvalue weighted by Gasteiger charge is -2.31. The van der Waals surface area contributed by atoms with Gasteiger partial charge in [-0.25, -0.2) is 0 Å². The minimum Gasteiger partial charge on any atom is -0.495 e. The fourth-order valence-electron chi connectivity index (χ4n) is 2.26. The van der Waals surface area contributed by atoms with Crippen LogP contribution in [-0.2, 0) is 9.59 Å². The number of carbonyl (C=O) groups excluding carboxylic acids is 2.